The fourth-order valence-corrected chi connectivity index (χ4v) is 2.66. The van der Waals surface area contributed by atoms with Gasteiger partial charge in [0.25, 0.3) is 0 Å². The van der Waals surface area contributed by atoms with Gasteiger partial charge < -0.3 is 20.5 Å². The number of carbonyl (C=O) groups is 1. The summed E-state index contributed by atoms with van der Waals surface area (Å²) in [7, 11) is 0. The molecule has 2 unspecified atom stereocenters. The lowest BCUT2D eigenvalue weighted by molar-refractivity contribution is -0.117. The second-order valence-corrected chi connectivity index (χ2v) is 5.85. The van der Waals surface area contributed by atoms with Crippen molar-refractivity contribution in [3.8, 4) is 5.75 Å². The topological polar surface area (TPSA) is 73.6 Å². The van der Waals surface area contributed by atoms with Gasteiger partial charge in [0.1, 0.15) is 18.4 Å². The molecule has 2 atom stereocenters. The molecule has 0 bridgehead atoms. The maximum atomic E-state index is 12.3. The average Bonchev–Trinajstić information content (AvgIpc) is 3.14. The number of hydrogen-bond acceptors (Lipinski definition) is 4. The van der Waals surface area contributed by atoms with Crippen LogP contribution in [0.3, 0.4) is 0 Å². The van der Waals surface area contributed by atoms with Crippen LogP contribution in [0.15, 0.2) is 54.6 Å². The summed E-state index contributed by atoms with van der Waals surface area (Å²) in [6.07, 6.45) is 2.28. The molecule has 0 radical (unpaired) electrons. The van der Waals surface area contributed by atoms with Crippen LogP contribution in [0.5, 0.6) is 5.75 Å². The van der Waals surface area contributed by atoms with Crippen molar-refractivity contribution in [1.29, 1.82) is 0 Å². The minimum atomic E-state index is -0.706. The van der Waals surface area contributed by atoms with E-state index in [1.807, 2.05) is 48.5 Å². The third-order valence-electron chi connectivity index (χ3n) is 4.00. The van der Waals surface area contributed by atoms with E-state index in [0.717, 1.165) is 25.0 Å². The van der Waals surface area contributed by atoms with Crippen LogP contribution in [-0.4, -0.2) is 25.2 Å². The Balaban J connectivity index is 1.58. The molecule has 1 aliphatic heterocycles. The summed E-state index contributed by atoms with van der Waals surface area (Å²) < 4.78 is 11.3. The molecule has 5 heteroatoms. The van der Waals surface area contributed by atoms with Gasteiger partial charge in [0.15, 0.2) is 0 Å². The van der Waals surface area contributed by atoms with Gasteiger partial charge >= 0.3 is 0 Å². The Kier molecular flexibility index (Phi) is 5.46. The number of benzene rings is 2. The molecule has 2 aromatic carbocycles. The highest BCUT2D eigenvalue weighted by Gasteiger charge is 2.17. The molecule has 5 nitrogen and oxygen atoms in total. The van der Waals surface area contributed by atoms with Gasteiger partial charge in [-0.25, -0.2) is 0 Å². The van der Waals surface area contributed by atoms with E-state index >= 15 is 0 Å². The summed E-state index contributed by atoms with van der Waals surface area (Å²) in [5.41, 5.74) is 7.45. The predicted octanol–water partition coefficient (Wildman–Crippen LogP) is 2.88. The Morgan fingerprint density at radius 3 is 2.83 bits per heavy atom. The number of ether oxygens (including phenoxy) is 2. The zero-order valence-electron chi connectivity index (χ0n) is 13.5. The number of anilines is 1. The molecule has 0 aliphatic carbocycles. The summed E-state index contributed by atoms with van der Waals surface area (Å²) in [4.78, 5) is 12.3. The van der Waals surface area contributed by atoms with E-state index in [0.29, 0.717) is 18.0 Å². The lowest BCUT2D eigenvalue weighted by Crippen LogP contribution is -2.27. The van der Waals surface area contributed by atoms with Crippen molar-refractivity contribution >= 4 is 11.6 Å². The second kappa shape index (κ2) is 7.95. The lowest BCUT2D eigenvalue weighted by Gasteiger charge is -2.14. The van der Waals surface area contributed by atoms with Crippen LogP contribution in [0.2, 0.25) is 0 Å². The van der Waals surface area contributed by atoms with Crippen LogP contribution >= 0.6 is 0 Å². The first-order valence-electron chi connectivity index (χ1n) is 8.18. The first-order valence-corrected chi connectivity index (χ1v) is 8.18. The molecule has 2 aromatic rings. The summed E-state index contributed by atoms with van der Waals surface area (Å²) >= 11 is 0. The molecule has 1 aliphatic rings. The minimum absolute atomic E-state index is 0.162. The van der Waals surface area contributed by atoms with E-state index in [-0.39, 0.29) is 12.0 Å². The molecule has 3 rings (SSSR count). The number of nitrogens with one attached hydrogen (secondary N) is 1. The van der Waals surface area contributed by atoms with E-state index in [4.69, 9.17) is 15.2 Å². The lowest BCUT2D eigenvalue weighted by atomic mass is 10.1. The SMILES string of the molecule is NC(C(=O)Nc1cccc(OCC2CCCO2)c1)c1ccccc1. The van der Waals surface area contributed by atoms with Gasteiger partial charge in [-0.3, -0.25) is 4.79 Å². The van der Waals surface area contributed by atoms with E-state index in [1.165, 1.54) is 0 Å². The first kappa shape index (κ1) is 16.5. The minimum Gasteiger partial charge on any atom is -0.491 e. The average molecular weight is 326 g/mol. The Labute approximate surface area is 141 Å². The van der Waals surface area contributed by atoms with Crippen molar-refractivity contribution in [1.82, 2.24) is 0 Å². The van der Waals surface area contributed by atoms with Crippen LogP contribution < -0.4 is 15.8 Å². The van der Waals surface area contributed by atoms with Gasteiger partial charge in [0.2, 0.25) is 5.91 Å². The van der Waals surface area contributed by atoms with E-state index in [2.05, 4.69) is 5.32 Å². The summed E-state index contributed by atoms with van der Waals surface area (Å²) in [6.45, 7) is 1.34. The van der Waals surface area contributed by atoms with Crippen molar-refractivity contribution in [2.45, 2.75) is 25.0 Å². The number of amides is 1. The number of carbonyl (C=O) groups excluding carboxylic acids is 1. The normalized spacial score (nSPS) is 18.1. The third-order valence-corrected chi connectivity index (χ3v) is 4.00. The van der Waals surface area contributed by atoms with Crippen LogP contribution in [-0.2, 0) is 9.53 Å². The molecule has 1 saturated heterocycles. The Bertz CT molecular complexity index is 669. The first-order chi connectivity index (χ1) is 11.7. The predicted molar refractivity (Wildman–Crippen MR) is 92.9 cm³/mol. The van der Waals surface area contributed by atoms with E-state index in [1.54, 1.807) is 6.07 Å². The largest absolute Gasteiger partial charge is 0.491 e. The van der Waals surface area contributed by atoms with Gasteiger partial charge in [-0.05, 0) is 30.5 Å². The highest BCUT2D eigenvalue weighted by Crippen LogP contribution is 2.21. The van der Waals surface area contributed by atoms with Gasteiger partial charge in [0.05, 0.1) is 6.10 Å². The zero-order valence-corrected chi connectivity index (χ0v) is 13.5. The molecule has 24 heavy (non-hydrogen) atoms. The van der Waals surface area contributed by atoms with Crippen molar-refractivity contribution in [2.24, 2.45) is 5.73 Å². The van der Waals surface area contributed by atoms with Crippen LogP contribution in [0.25, 0.3) is 0 Å². The monoisotopic (exact) mass is 326 g/mol. The molecule has 1 fully saturated rings. The molecular weight excluding hydrogens is 304 g/mol. The fourth-order valence-electron chi connectivity index (χ4n) is 2.66. The molecule has 0 spiro atoms. The van der Waals surface area contributed by atoms with Gasteiger partial charge in [-0.15, -0.1) is 0 Å². The van der Waals surface area contributed by atoms with Crippen LogP contribution in [0.4, 0.5) is 5.69 Å². The van der Waals surface area contributed by atoms with Crippen molar-refractivity contribution < 1.29 is 14.3 Å². The Hall–Kier alpha value is -2.37. The fraction of sp³-hybridized carbons (Fsp3) is 0.316. The maximum absolute atomic E-state index is 12.3. The van der Waals surface area contributed by atoms with Crippen molar-refractivity contribution in [2.75, 3.05) is 18.5 Å². The van der Waals surface area contributed by atoms with Gasteiger partial charge in [0, 0.05) is 18.4 Å². The van der Waals surface area contributed by atoms with Crippen molar-refractivity contribution in [3.63, 3.8) is 0 Å². The molecule has 3 N–H and O–H groups in total. The number of rotatable bonds is 6. The smallest absolute Gasteiger partial charge is 0.245 e. The number of nitrogens with two attached hydrogens (primary N) is 1. The molecule has 0 saturated carbocycles. The van der Waals surface area contributed by atoms with Gasteiger partial charge in [-0.2, -0.15) is 0 Å². The quantitative estimate of drug-likeness (QED) is 0.856. The summed E-state index contributed by atoms with van der Waals surface area (Å²) in [5, 5.41) is 2.83. The van der Waals surface area contributed by atoms with E-state index in [9.17, 15) is 4.79 Å². The maximum Gasteiger partial charge on any atom is 0.245 e. The third kappa shape index (κ3) is 4.34. The second-order valence-electron chi connectivity index (χ2n) is 5.85. The highest BCUT2D eigenvalue weighted by atomic mass is 16.5. The standard InChI is InChI=1S/C19H22N2O3/c20-18(14-6-2-1-3-7-14)19(22)21-15-8-4-9-16(12-15)24-13-17-10-5-11-23-17/h1-4,6-9,12,17-18H,5,10-11,13,20H2,(H,21,22). The van der Waals surface area contributed by atoms with Crippen LogP contribution in [0, 0.1) is 0 Å². The molecule has 1 amide bonds. The molecular formula is C19H22N2O3. The van der Waals surface area contributed by atoms with Crippen molar-refractivity contribution in [3.05, 3.63) is 60.2 Å². The van der Waals surface area contributed by atoms with E-state index < -0.39 is 6.04 Å². The summed E-state index contributed by atoms with van der Waals surface area (Å²) in [5.74, 6) is 0.453. The Morgan fingerprint density at radius 2 is 2.08 bits per heavy atom. The van der Waals surface area contributed by atoms with Gasteiger partial charge in [-0.1, -0.05) is 36.4 Å². The highest BCUT2D eigenvalue weighted by molar-refractivity contribution is 5.95. The summed E-state index contributed by atoms with van der Waals surface area (Å²) in [6, 6.07) is 15.9. The number of hydrogen-bond donors (Lipinski definition) is 2. The van der Waals surface area contributed by atoms with Crippen LogP contribution in [0.1, 0.15) is 24.4 Å². The molecule has 1 heterocycles. The molecule has 126 valence electrons. The Morgan fingerprint density at radius 1 is 1.25 bits per heavy atom. The zero-order chi connectivity index (χ0) is 16.8. The molecule has 0 aromatic heterocycles.